The molecule has 1 aliphatic heterocycles. The number of amides is 2. The third-order valence-corrected chi connectivity index (χ3v) is 7.25. The Morgan fingerprint density at radius 3 is 2.66 bits per heavy atom. The zero-order valence-electron chi connectivity index (χ0n) is 21.7. The number of aromatic nitrogens is 6. The standard InChI is InChI=1S/C26H24F3N9O2S/c1-15-10-17(26(27,28)29)11-19(32-15)13-31-23(40)24-36-37-25(41-24)38-9-7-16(14-38)20-5-6-21(35-34-20)33-22(39)12-18-4-2-3-8-30-18/h2-6,8,10-11,16H,7,9,12-14H2,1H3,(H,31,40)(H,33,35,39)/t16-/m1/s1. The lowest BCUT2D eigenvalue weighted by atomic mass is 10.1. The summed E-state index contributed by atoms with van der Waals surface area (Å²) in [6.07, 6.45) is -1.96. The summed E-state index contributed by atoms with van der Waals surface area (Å²) in [4.78, 5) is 35.0. The smallest absolute Gasteiger partial charge is 0.346 e. The lowest BCUT2D eigenvalue weighted by molar-refractivity contribution is -0.137. The van der Waals surface area contributed by atoms with Gasteiger partial charge in [-0.05, 0) is 49.7 Å². The van der Waals surface area contributed by atoms with Crippen molar-refractivity contribution in [3.63, 3.8) is 0 Å². The van der Waals surface area contributed by atoms with E-state index in [-0.39, 0.29) is 41.2 Å². The van der Waals surface area contributed by atoms with Crippen molar-refractivity contribution in [2.24, 2.45) is 0 Å². The monoisotopic (exact) mass is 583 g/mol. The van der Waals surface area contributed by atoms with Crippen LogP contribution >= 0.6 is 11.3 Å². The van der Waals surface area contributed by atoms with Crippen molar-refractivity contribution in [3.8, 4) is 0 Å². The third-order valence-electron chi connectivity index (χ3n) is 6.27. The molecule has 2 amide bonds. The van der Waals surface area contributed by atoms with Gasteiger partial charge in [-0.1, -0.05) is 17.4 Å². The number of aryl methyl sites for hydroxylation is 1. The number of anilines is 2. The summed E-state index contributed by atoms with van der Waals surface area (Å²) in [5.41, 5.74) is 0.899. The second-order valence-corrected chi connectivity index (χ2v) is 10.3. The van der Waals surface area contributed by atoms with Crippen molar-refractivity contribution in [1.29, 1.82) is 0 Å². The van der Waals surface area contributed by atoms with Gasteiger partial charge in [0.05, 0.1) is 29.9 Å². The predicted molar refractivity (Wildman–Crippen MR) is 143 cm³/mol. The molecule has 0 spiro atoms. The number of alkyl halides is 3. The van der Waals surface area contributed by atoms with E-state index in [9.17, 15) is 22.8 Å². The summed E-state index contributed by atoms with van der Waals surface area (Å²) < 4.78 is 39.2. The van der Waals surface area contributed by atoms with Crippen molar-refractivity contribution < 1.29 is 22.8 Å². The molecule has 0 bridgehead atoms. The molecule has 41 heavy (non-hydrogen) atoms. The van der Waals surface area contributed by atoms with Crippen molar-refractivity contribution in [2.45, 2.75) is 38.4 Å². The van der Waals surface area contributed by atoms with E-state index in [0.29, 0.717) is 29.7 Å². The topological polar surface area (TPSA) is 139 Å². The van der Waals surface area contributed by atoms with Crippen LogP contribution in [0.25, 0.3) is 0 Å². The Bertz CT molecular complexity index is 1530. The van der Waals surface area contributed by atoms with Gasteiger partial charge in [0.2, 0.25) is 16.0 Å². The van der Waals surface area contributed by atoms with E-state index in [1.165, 1.54) is 6.92 Å². The minimum Gasteiger partial charge on any atom is -0.346 e. The first-order chi connectivity index (χ1) is 19.6. The van der Waals surface area contributed by atoms with Gasteiger partial charge in [0.25, 0.3) is 5.91 Å². The lowest BCUT2D eigenvalue weighted by Crippen LogP contribution is -2.23. The van der Waals surface area contributed by atoms with Gasteiger partial charge in [0, 0.05) is 36.6 Å². The van der Waals surface area contributed by atoms with Crippen LogP contribution in [0, 0.1) is 6.92 Å². The molecule has 0 saturated carbocycles. The summed E-state index contributed by atoms with van der Waals surface area (Å²) in [5, 5.41) is 22.4. The molecule has 15 heteroatoms. The van der Waals surface area contributed by atoms with Crippen molar-refractivity contribution in [2.75, 3.05) is 23.3 Å². The SMILES string of the molecule is Cc1cc(C(F)(F)F)cc(CNC(=O)c2nnc(N3CC[C@@H](c4ccc(NC(=O)Cc5ccccn5)nn4)C3)s2)n1. The van der Waals surface area contributed by atoms with E-state index in [1.807, 2.05) is 17.0 Å². The number of nitrogens with one attached hydrogen (secondary N) is 2. The van der Waals surface area contributed by atoms with Gasteiger partial charge in [-0.15, -0.1) is 15.3 Å². The highest BCUT2D eigenvalue weighted by Gasteiger charge is 2.31. The third kappa shape index (κ3) is 7.16. The molecular formula is C26H24F3N9O2S. The van der Waals surface area contributed by atoms with Crippen LogP contribution in [0.3, 0.4) is 0 Å². The zero-order chi connectivity index (χ0) is 29.0. The van der Waals surface area contributed by atoms with Crippen LogP contribution in [-0.2, 0) is 23.9 Å². The maximum atomic E-state index is 13.1. The lowest BCUT2D eigenvalue weighted by Gasteiger charge is -2.14. The predicted octanol–water partition coefficient (Wildman–Crippen LogP) is 3.55. The first kappa shape index (κ1) is 28.0. The second-order valence-electron chi connectivity index (χ2n) is 9.38. The van der Waals surface area contributed by atoms with Crippen LogP contribution in [0.5, 0.6) is 0 Å². The molecule has 1 fully saturated rings. The van der Waals surface area contributed by atoms with Crippen LogP contribution in [0.1, 0.15) is 50.5 Å². The van der Waals surface area contributed by atoms with E-state index < -0.39 is 17.6 Å². The van der Waals surface area contributed by atoms with Gasteiger partial charge < -0.3 is 15.5 Å². The Morgan fingerprint density at radius 2 is 1.93 bits per heavy atom. The second kappa shape index (κ2) is 11.9. The molecule has 212 valence electrons. The molecule has 4 aromatic rings. The molecular weight excluding hydrogens is 559 g/mol. The fraction of sp³-hybridized carbons (Fsp3) is 0.308. The summed E-state index contributed by atoms with van der Waals surface area (Å²) in [6.45, 7) is 2.54. The molecule has 0 unspecified atom stereocenters. The average Bonchev–Trinajstić information content (AvgIpc) is 3.62. The maximum Gasteiger partial charge on any atom is 0.416 e. The Labute approximate surface area is 236 Å². The highest BCUT2D eigenvalue weighted by Crippen LogP contribution is 2.32. The number of carbonyl (C=O) groups excluding carboxylic acids is 2. The quantitative estimate of drug-likeness (QED) is 0.319. The van der Waals surface area contributed by atoms with Gasteiger partial charge >= 0.3 is 6.18 Å². The number of carbonyl (C=O) groups is 2. The summed E-state index contributed by atoms with van der Waals surface area (Å²) >= 11 is 1.09. The summed E-state index contributed by atoms with van der Waals surface area (Å²) in [5.74, 6) is -0.375. The molecule has 4 aromatic heterocycles. The van der Waals surface area contributed by atoms with E-state index in [4.69, 9.17) is 0 Å². The highest BCUT2D eigenvalue weighted by atomic mass is 32.1. The maximum absolute atomic E-state index is 13.1. The fourth-order valence-electron chi connectivity index (χ4n) is 4.33. The Morgan fingerprint density at radius 1 is 1.07 bits per heavy atom. The van der Waals surface area contributed by atoms with Crippen molar-refractivity contribution in [3.05, 3.63) is 82.0 Å². The molecule has 1 saturated heterocycles. The molecule has 5 rings (SSSR count). The van der Waals surface area contributed by atoms with E-state index in [1.54, 1.807) is 24.4 Å². The Balaban J connectivity index is 1.13. The van der Waals surface area contributed by atoms with Crippen LogP contribution in [-0.4, -0.2) is 55.3 Å². The van der Waals surface area contributed by atoms with E-state index in [0.717, 1.165) is 35.6 Å². The molecule has 11 nitrogen and oxygen atoms in total. The number of pyridine rings is 2. The molecule has 0 aliphatic carbocycles. The fourth-order valence-corrected chi connectivity index (χ4v) is 5.13. The zero-order valence-corrected chi connectivity index (χ0v) is 22.5. The first-order valence-corrected chi connectivity index (χ1v) is 13.4. The molecule has 1 aliphatic rings. The van der Waals surface area contributed by atoms with Crippen molar-refractivity contribution in [1.82, 2.24) is 35.7 Å². The van der Waals surface area contributed by atoms with Crippen molar-refractivity contribution >= 4 is 34.1 Å². The number of rotatable bonds is 8. The van der Waals surface area contributed by atoms with Gasteiger partial charge in [-0.2, -0.15) is 18.3 Å². The Kier molecular flexibility index (Phi) is 8.14. The largest absolute Gasteiger partial charge is 0.416 e. The molecule has 0 aromatic carbocycles. The number of hydrogen-bond acceptors (Lipinski definition) is 10. The van der Waals surface area contributed by atoms with Crippen LogP contribution in [0.4, 0.5) is 24.1 Å². The first-order valence-electron chi connectivity index (χ1n) is 12.6. The van der Waals surface area contributed by atoms with Gasteiger partial charge in [-0.25, -0.2) is 0 Å². The molecule has 1 atom stereocenters. The van der Waals surface area contributed by atoms with Crippen LogP contribution < -0.4 is 15.5 Å². The number of hydrogen-bond donors (Lipinski definition) is 2. The molecule has 5 heterocycles. The highest BCUT2D eigenvalue weighted by molar-refractivity contribution is 7.17. The van der Waals surface area contributed by atoms with E-state index in [2.05, 4.69) is 41.0 Å². The normalized spacial score (nSPS) is 15.1. The molecule has 2 N–H and O–H groups in total. The minimum atomic E-state index is -4.50. The minimum absolute atomic E-state index is 0.0668. The summed E-state index contributed by atoms with van der Waals surface area (Å²) in [6, 6.07) is 10.8. The van der Waals surface area contributed by atoms with Gasteiger partial charge in [0.1, 0.15) is 0 Å². The van der Waals surface area contributed by atoms with E-state index >= 15 is 0 Å². The van der Waals surface area contributed by atoms with Gasteiger partial charge in [0.15, 0.2) is 5.82 Å². The van der Waals surface area contributed by atoms with Crippen LogP contribution in [0.2, 0.25) is 0 Å². The molecule has 0 radical (unpaired) electrons. The summed E-state index contributed by atoms with van der Waals surface area (Å²) in [7, 11) is 0. The average molecular weight is 584 g/mol. The Hall–Kier alpha value is -4.53. The van der Waals surface area contributed by atoms with Gasteiger partial charge in [-0.3, -0.25) is 19.6 Å². The van der Waals surface area contributed by atoms with Crippen LogP contribution in [0.15, 0.2) is 48.7 Å². The number of halogens is 3. The number of nitrogens with zero attached hydrogens (tertiary/aromatic N) is 7.